The van der Waals surface area contributed by atoms with Crippen LogP contribution in [0.25, 0.3) is 0 Å². The molecule has 0 aliphatic rings. The normalized spacial score (nSPS) is 14.4. The van der Waals surface area contributed by atoms with E-state index >= 15 is 0 Å². The number of benzene rings is 1. The average Bonchev–Trinajstić information content (AvgIpc) is 2.43. The van der Waals surface area contributed by atoms with E-state index in [0.717, 1.165) is 6.07 Å². The number of aryl methyl sites for hydroxylation is 1. The predicted molar refractivity (Wildman–Crippen MR) is 95.5 cm³/mol. The number of Topliss-reactive ketones (excluding diaryl/α,β-unsaturated/α-hetero) is 1. The van der Waals surface area contributed by atoms with E-state index in [-0.39, 0.29) is 29.3 Å². The fraction of sp³-hybridized carbons (Fsp3) is 0.650. The van der Waals surface area contributed by atoms with Gasteiger partial charge in [0.2, 0.25) is 0 Å². The van der Waals surface area contributed by atoms with E-state index in [2.05, 4.69) is 5.32 Å². The second-order valence-corrected chi connectivity index (χ2v) is 8.76. The van der Waals surface area contributed by atoms with Crippen LogP contribution in [0.2, 0.25) is 0 Å². The van der Waals surface area contributed by atoms with Gasteiger partial charge in [0.1, 0.15) is 5.82 Å². The van der Waals surface area contributed by atoms with E-state index < -0.39 is 23.0 Å². The molecule has 0 bridgehead atoms. The van der Waals surface area contributed by atoms with Gasteiger partial charge in [0.05, 0.1) is 11.6 Å². The van der Waals surface area contributed by atoms with E-state index in [1.165, 1.54) is 6.07 Å². The Bertz CT molecular complexity index is 624. The molecule has 0 saturated carbocycles. The number of rotatable bonds is 6. The van der Waals surface area contributed by atoms with Crippen LogP contribution in [0.15, 0.2) is 18.2 Å². The molecule has 1 N–H and O–H groups in total. The Morgan fingerprint density at radius 1 is 1.08 bits per heavy atom. The van der Waals surface area contributed by atoms with E-state index in [0.29, 0.717) is 18.9 Å². The Kier molecular flexibility index (Phi) is 7.02. The zero-order valence-corrected chi connectivity index (χ0v) is 16.4. The van der Waals surface area contributed by atoms with Gasteiger partial charge in [-0.25, -0.2) is 4.39 Å². The molecule has 0 fully saturated rings. The highest BCUT2D eigenvalue weighted by Crippen LogP contribution is 2.30. The standard InChI is InChI=1S/C20H29F4NO/c1-18(2,3)17(26)16(25-19(4,5)6)9-7-8-13-10-11-14(12-15(13)21)20(22,23)24/h10-12,16,25H,7-9H2,1-6H3. The van der Waals surface area contributed by atoms with Gasteiger partial charge in [0, 0.05) is 11.0 Å². The van der Waals surface area contributed by atoms with Crippen molar-refractivity contribution in [2.75, 3.05) is 0 Å². The zero-order chi connectivity index (χ0) is 20.3. The van der Waals surface area contributed by atoms with Crippen molar-refractivity contribution < 1.29 is 22.4 Å². The Balaban J connectivity index is 2.80. The highest BCUT2D eigenvalue weighted by atomic mass is 19.4. The molecule has 0 heterocycles. The zero-order valence-electron chi connectivity index (χ0n) is 16.4. The molecule has 0 aliphatic carbocycles. The monoisotopic (exact) mass is 375 g/mol. The smallest absolute Gasteiger partial charge is 0.303 e. The molecule has 0 saturated heterocycles. The Morgan fingerprint density at radius 3 is 2.08 bits per heavy atom. The first kappa shape index (κ1) is 22.6. The van der Waals surface area contributed by atoms with Gasteiger partial charge in [-0.15, -0.1) is 0 Å². The van der Waals surface area contributed by atoms with Gasteiger partial charge in [-0.3, -0.25) is 4.79 Å². The van der Waals surface area contributed by atoms with Crippen molar-refractivity contribution in [3.63, 3.8) is 0 Å². The van der Waals surface area contributed by atoms with Crippen LogP contribution in [-0.4, -0.2) is 17.4 Å². The topological polar surface area (TPSA) is 29.1 Å². The van der Waals surface area contributed by atoms with Crippen molar-refractivity contribution in [1.82, 2.24) is 5.32 Å². The van der Waals surface area contributed by atoms with E-state index in [1.54, 1.807) is 0 Å². The number of hydrogen-bond donors (Lipinski definition) is 1. The summed E-state index contributed by atoms with van der Waals surface area (Å²) >= 11 is 0. The van der Waals surface area contributed by atoms with Crippen molar-refractivity contribution in [2.24, 2.45) is 5.41 Å². The molecule has 1 rings (SSSR count). The number of carbonyl (C=O) groups excluding carboxylic acids is 1. The van der Waals surface area contributed by atoms with Gasteiger partial charge in [-0.2, -0.15) is 13.2 Å². The fourth-order valence-corrected chi connectivity index (χ4v) is 2.74. The third-order valence-electron chi connectivity index (χ3n) is 3.98. The number of hydrogen-bond acceptors (Lipinski definition) is 2. The summed E-state index contributed by atoms with van der Waals surface area (Å²) in [6.45, 7) is 11.4. The first-order chi connectivity index (χ1) is 11.6. The van der Waals surface area contributed by atoms with E-state index in [9.17, 15) is 22.4 Å². The van der Waals surface area contributed by atoms with Gasteiger partial charge in [0.25, 0.3) is 0 Å². The summed E-state index contributed by atoms with van der Waals surface area (Å²) in [5, 5.41) is 3.30. The summed E-state index contributed by atoms with van der Waals surface area (Å²) in [6.07, 6.45) is -3.28. The third kappa shape index (κ3) is 7.06. The Morgan fingerprint density at radius 2 is 1.65 bits per heavy atom. The van der Waals surface area contributed by atoms with Crippen LogP contribution in [-0.2, 0) is 17.4 Å². The van der Waals surface area contributed by atoms with Crippen LogP contribution < -0.4 is 5.32 Å². The molecule has 0 aliphatic heterocycles. The first-order valence-corrected chi connectivity index (χ1v) is 8.79. The van der Waals surface area contributed by atoms with Crippen molar-refractivity contribution in [1.29, 1.82) is 0 Å². The molecule has 0 aromatic heterocycles. The van der Waals surface area contributed by atoms with Crippen LogP contribution in [0.4, 0.5) is 17.6 Å². The van der Waals surface area contributed by atoms with Crippen LogP contribution in [0.1, 0.15) is 65.5 Å². The van der Waals surface area contributed by atoms with Crippen molar-refractivity contribution >= 4 is 5.78 Å². The minimum Gasteiger partial charge on any atom is -0.303 e. The van der Waals surface area contributed by atoms with E-state index in [1.807, 2.05) is 41.5 Å². The molecular formula is C20H29F4NO. The van der Waals surface area contributed by atoms with Crippen LogP contribution >= 0.6 is 0 Å². The molecule has 0 amide bonds. The molecule has 1 atom stereocenters. The fourth-order valence-electron chi connectivity index (χ4n) is 2.74. The van der Waals surface area contributed by atoms with Crippen LogP contribution in [0.3, 0.4) is 0 Å². The van der Waals surface area contributed by atoms with Crippen LogP contribution in [0, 0.1) is 11.2 Å². The minimum atomic E-state index is -4.56. The SMILES string of the molecule is CC(C)(C)NC(CCCc1ccc(C(F)(F)F)cc1F)C(=O)C(C)(C)C. The summed E-state index contributed by atoms with van der Waals surface area (Å²) in [6, 6.07) is 2.22. The Hall–Kier alpha value is -1.43. The maximum atomic E-state index is 13.9. The number of halogens is 4. The minimum absolute atomic E-state index is 0.0697. The lowest BCUT2D eigenvalue weighted by Gasteiger charge is -2.32. The second-order valence-electron chi connectivity index (χ2n) is 8.76. The van der Waals surface area contributed by atoms with Gasteiger partial charge >= 0.3 is 6.18 Å². The van der Waals surface area contributed by atoms with Crippen LogP contribution in [0.5, 0.6) is 0 Å². The van der Waals surface area contributed by atoms with Gasteiger partial charge in [0.15, 0.2) is 5.78 Å². The summed E-state index contributed by atoms with van der Waals surface area (Å²) in [7, 11) is 0. The van der Waals surface area contributed by atoms with Gasteiger partial charge in [-0.1, -0.05) is 26.8 Å². The maximum Gasteiger partial charge on any atom is 0.416 e. The predicted octanol–water partition coefficient (Wildman–Crippen LogP) is 5.54. The van der Waals surface area contributed by atoms with Gasteiger partial charge < -0.3 is 5.32 Å². The molecule has 6 heteroatoms. The van der Waals surface area contributed by atoms with Crippen molar-refractivity contribution in [3.05, 3.63) is 35.1 Å². The second kappa shape index (κ2) is 8.07. The van der Waals surface area contributed by atoms with Gasteiger partial charge in [-0.05, 0) is 57.7 Å². The molecular weight excluding hydrogens is 346 g/mol. The molecule has 1 aromatic rings. The maximum absolute atomic E-state index is 13.9. The summed E-state index contributed by atoms with van der Waals surface area (Å²) < 4.78 is 51.8. The molecule has 0 radical (unpaired) electrons. The largest absolute Gasteiger partial charge is 0.416 e. The number of carbonyl (C=O) groups is 1. The third-order valence-corrected chi connectivity index (χ3v) is 3.98. The van der Waals surface area contributed by atoms with Crippen molar-refractivity contribution in [3.8, 4) is 0 Å². The lowest BCUT2D eigenvalue weighted by molar-refractivity contribution is -0.137. The number of nitrogens with one attached hydrogen (secondary N) is 1. The van der Waals surface area contributed by atoms with E-state index in [4.69, 9.17) is 0 Å². The lowest BCUT2D eigenvalue weighted by atomic mass is 9.83. The first-order valence-electron chi connectivity index (χ1n) is 8.79. The average molecular weight is 375 g/mol. The summed E-state index contributed by atoms with van der Waals surface area (Å²) in [5.41, 5.74) is -1.53. The summed E-state index contributed by atoms with van der Waals surface area (Å²) in [5.74, 6) is -0.789. The number of ketones is 1. The number of alkyl halides is 3. The molecule has 0 spiro atoms. The molecule has 1 aromatic carbocycles. The molecule has 1 unspecified atom stereocenters. The molecule has 148 valence electrons. The van der Waals surface area contributed by atoms with Crippen molar-refractivity contribution in [2.45, 2.75) is 78.6 Å². The molecule has 2 nitrogen and oxygen atoms in total. The summed E-state index contributed by atoms with van der Waals surface area (Å²) in [4.78, 5) is 12.6. The highest BCUT2D eigenvalue weighted by molar-refractivity contribution is 5.88. The molecule has 26 heavy (non-hydrogen) atoms. The Labute approximate surface area is 153 Å². The lowest BCUT2D eigenvalue weighted by Crippen LogP contribution is -2.50. The quantitative estimate of drug-likeness (QED) is 0.662. The highest BCUT2D eigenvalue weighted by Gasteiger charge is 2.32.